The maximum absolute atomic E-state index is 13.0. The second-order valence-corrected chi connectivity index (χ2v) is 5.46. The van der Waals surface area contributed by atoms with Crippen LogP contribution >= 0.6 is 0 Å². The van der Waals surface area contributed by atoms with Crippen LogP contribution < -0.4 is 10.1 Å². The fourth-order valence-corrected chi connectivity index (χ4v) is 1.91. The quantitative estimate of drug-likeness (QED) is 0.404. The van der Waals surface area contributed by atoms with Crippen molar-refractivity contribution in [2.45, 2.75) is 12.6 Å². The van der Waals surface area contributed by atoms with Gasteiger partial charge in [0, 0.05) is 36.8 Å². The van der Waals surface area contributed by atoms with Crippen LogP contribution in [0.3, 0.4) is 0 Å². The number of amides is 1. The van der Waals surface area contributed by atoms with Gasteiger partial charge in [-0.3, -0.25) is 9.78 Å². The monoisotopic (exact) mass is 397 g/mol. The van der Waals surface area contributed by atoms with Gasteiger partial charge in [0.25, 0.3) is 0 Å². The van der Waals surface area contributed by atoms with Crippen LogP contribution in [-0.4, -0.2) is 45.9 Å². The Morgan fingerprint density at radius 3 is 2.54 bits per heavy atom. The topological polar surface area (TPSA) is 101 Å². The SMILES string of the molecule is N=C(/C=C\C(=O)NCCc1cncc(F)c1)c1cnc(OCC(F)(F)F)nc1. The Labute approximate surface area is 157 Å². The molecule has 0 fully saturated rings. The number of carbonyl (C=O) groups is 1. The van der Waals surface area contributed by atoms with Crippen LogP contribution in [0.5, 0.6) is 6.01 Å². The van der Waals surface area contributed by atoms with Gasteiger partial charge in [0.15, 0.2) is 6.61 Å². The number of carbonyl (C=O) groups excluding carboxylic acids is 1. The molecule has 11 heteroatoms. The first-order chi connectivity index (χ1) is 13.2. The highest BCUT2D eigenvalue weighted by Gasteiger charge is 2.28. The number of nitrogens with zero attached hydrogens (tertiary/aromatic N) is 3. The van der Waals surface area contributed by atoms with Crippen LogP contribution in [-0.2, 0) is 11.2 Å². The number of ether oxygens (including phenoxy) is 1. The lowest BCUT2D eigenvalue weighted by atomic mass is 10.2. The number of aromatic nitrogens is 3. The highest BCUT2D eigenvalue weighted by Crippen LogP contribution is 2.15. The maximum atomic E-state index is 13.0. The summed E-state index contributed by atoms with van der Waals surface area (Å²) < 4.78 is 53.5. The fourth-order valence-electron chi connectivity index (χ4n) is 1.91. The van der Waals surface area contributed by atoms with Gasteiger partial charge in [-0.2, -0.15) is 13.2 Å². The van der Waals surface area contributed by atoms with Gasteiger partial charge in [0.1, 0.15) is 5.82 Å². The van der Waals surface area contributed by atoms with Crippen molar-refractivity contribution in [3.8, 4) is 6.01 Å². The molecule has 0 bridgehead atoms. The minimum Gasteiger partial charge on any atom is -0.454 e. The van der Waals surface area contributed by atoms with Gasteiger partial charge in [-0.1, -0.05) is 0 Å². The summed E-state index contributed by atoms with van der Waals surface area (Å²) in [5.74, 6) is -0.936. The molecule has 0 spiro atoms. The zero-order valence-electron chi connectivity index (χ0n) is 14.3. The van der Waals surface area contributed by atoms with Gasteiger partial charge in [0.05, 0.1) is 11.9 Å². The van der Waals surface area contributed by atoms with E-state index in [1.54, 1.807) is 0 Å². The molecular formula is C17H15F4N5O2. The number of rotatable bonds is 8. The second kappa shape index (κ2) is 9.53. The van der Waals surface area contributed by atoms with E-state index in [4.69, 9.17) is 5.41 Å². The smallest absolute Gasteiger partial charge is 0.422 e. The number of hydrogen-bond acceptors (Lipinski definition) is 6. The zero-order chi connectivity index (χ0) is 20.6. The van der Waals surface area contributed by atoms with Crippen LogP contribution in [0.2, 0.25) is 0 Å². The zero-order valence-corrected chi connectivity index (χ0v) is 14.3. The Bertz CT molecular complexity index is 853. The summed E-state index contributed by atoms with van der Waals surface area (Å²) in [5, 5.41) is 10.4. The molecule has 2 heterocycles. The van der Waals surface area contributed by atoms with Crippen molar-refractivity contribution in [1.82, 2.24) is 20.3 Å². The fraction of sp³-hybridized carbons (Fsp3) is 0.235. The molecule has 0 radical (unpaired) electrons. The highest BCUT2D eigenvalue weighted by molar-refractivity contribution is 6.08. The first-order valence-corrected chi connectivity index (χ1v) is 7.89. The predicted molar refractivity (Wildman–Crippen MR) is 90.5 cm³/mol. The van der Waals surface area contributed by atoms with Crippen LogP contribution in [0.1, 0.15) is 11.1 Å². The average Bonchev–Trinajstić information content (AvgIpc) is 2.64. The minimum atomic E-state index is -4.50. The van der Waals surface area contributed by atoms with Crippen molar-refractivity contribution in [2.75, 3.05) is 13.2 Å². The molecule has 0 aromatic carbocycles. The summed E-state index contributed by atoms with van der Waals surface area (Å²) >= 11 is 0. The lowest BCUT2D eigenvalue weighted by Crippen LogP contribution is -2.23. The second-order valence-electron chi connectivity index (χ2n) is 5.46. The van der Waals surface area contributed by atoms with Crippen LogP contribution in [0, 0.1) is 11.2 Å². The molecule has 0 atom stereocenters. The van der Waals surface area contributed by atoms with E-state index in [1.807, 2.05) is 0 Å². The summed E-state index contributed by atoms with van der Waals surface area (Å²) in [6.07, 6.45) is 2.97. The van der Waals surface area contributed by atoms with Crippen molar-refractivity contribution in [1.29, 1.82) is 5.41 Å². The van der Waals surface area contributed by atoms with E-state index in [-0.39, 0.29) is 17.8 Å². The summed E-state index contributed by atoms with van der Waals surface area (Å²) in [4.78, 5) is 22.6. The molecule has 28 heavy (non-hydrogen) atoms. The van der Waals surface area contributed by atoms with E-state index in [9.17, 15) is 22.4 Å². The summed E-state index contributed by atoms with van der Waals surface area (Å²) in [6, 6.07) is 0.842. The van der Waals surface area contributed by atoms with Gasteiger partial charge >= 0.3 is 12.2 Å². The first kappa shape index (κ1) is 20.9. The Hall–Kier alpha value is -3.37. The van der Waals surface area contributed by atoms with E-state index in [2.05, 4.69) is 25.0 Å². The summed E-state index contributed by atoms with van der Waals surface area (Å²) in [7, 11) is 0. The molecule has 7 nitrogen and oxygen atoms in total. The minimum absolute atomic E-state index is 0.119. The molecule has 0 saturated carbocycles. The standard InChI is InChI=1S/C17H15F4N5O2/c18-13-5-11(6-23-9-13)3-4-24-15(27)2-1-14(22)12-7-25-16(26-8-12)28-10-17(19,20)21/h1-2,5-9,22H,3-4,10H2,(H,24,27)/b2-1-,22-14?. The van der Waals surface area contributed by atoms with Gasteiger partial charge in [-0.25, -0.2) is 14.4 Å². The Morgan fingerprint density at radius 1 is 1.18 bits per heavy atom. The van der Waals surface area contributed by atoms with Crippen molar-refractivity contribution < 1.29 is 27.1 Å². The molecule has 148 valence electrons. The third-order valence-electron chi connectivity index (χ3n) is 3.18. The maximum Gasteiger partial charge on any atom is 0.422 e. The Balaban J connectivity index is 1.79. The van der Waals surface area contributed by atoms with Crippen molar-refractivity contribution in [3.63, 3.8) is 0 Å². The molecular weight excluding hydrogens is 382 g/mol. The van der Waals surface area contributed by atoms with Gasteiger partial charge in [-0.15, -0.1) is 0 Å². The molecule has 0 saturated heterocycles. The van der Waals surface area contributed by atoms with Crippen molar-refractivity contribution >= 4 is 11.6 Å². The van der Waals surface area contributed by atoms with E-state index in [1.165, 1.54) is 18.3 Å². The molecule has 0 aliphatic heterocycles. The Kier molecular flexibility index (Phi) is 7.13. The van der Waals surface area contributed by atoms with Gasteiger partial charge < -0.3 is 15.5 Å². The molecule has 2 N–H and O–H groups in total. The van der Waals surface area contributed by atoms with Crippen LogP contribution in [0.25, 0.3) is 0 Å². The number of hydrogen-bond donors (Lipinski definition) is 2. The van der Waals surface area contributed by atoms with E-state index in [0.29, 0.717) is 12.0 Å². The average molecular weight is 397 g/mol. The number of allylic oxidation sites excluding steroid dienone is 1. The van der Waals surface area contributed by atoms with E-state index in [0.717, 1.165) is 24.7 Å². The van der Waals surface area contributed by atoms with Gasteiger partial charge in [-0.05, 0) is 24.1 Å². The van der Waals surface area contributed by atoms with Crippen molar-refractivity contribution in [2.24, 2.45) is 0 Å². The molecule has 1 amide bonds. The van der Waals surface area contributed by atoms with E-state index >= 15 is 0 Å². The van der Waals surface area contributed by atoms with E-state index < -0.39 is 30.5 Å². The number of pyridine rings is 1. The lowest BCUT2D eigenvalue weighted by Gasteiger charge is -2.07. The number of alkyl halides is 3. The number of halogens is 4. The predicted octanol–water partition coefficient (Wildman–Crippen LogP) is 2.23. The van der Waals surface area contributed by atoms with Gasteiger partial charge in [0.2, 0.25) is 5.91 Å². The molecule has 0 aliphatic rings. The summed E-state index contributed by atoms with van der Waals surface area (Å²) in [5.41, 5.74) is 0.697. The first-order valence-electron chi connectivity index (χ1n) is 7.89. The normalized spacial score (nSPS) is 11.4. The van der Waals surface area contributed by atoms with Crippen molar-refractivity contribution in [3.05, 3.63) is 59.9 Å². The molecule has 2 aromatic heterocycles. The summed E-state index contributed by atoms with van der Waals surface area (Å²) in [6.45, 7) is -1.27. The third-order valence-corrected chi connectivity index (χ3v) is 3.18. The largest absolute Gasteiger partial charge is 0.454 e. The highest BCUT2D eigenvalue weighted by atomic mass is 19.4. The lowest BCUT2D eigenvalue weighted by molar-refractivity contribution is -0.154. The third kappa shape index (κ3) is 7.48. The molecule has 0 unspecified atom stereocenters. The Morgan fingerprint density at radius 2 is 1.89 bits per heavy atom. The van der Waals surface area contributed by atoms with Crippen LogP contribution in [0.15, 0.2) is 43.0 Å². The van der Waals surface area contributed by atoms with Crippen LogP contribution in [0.4, 0.5) is 17.6 Å². The number of nitrogens with one attached hydrogen (secondary N) is 2. The molecule has 0 aliphatic carbocycles. The molecule has 2 aromatic rings. The molecule has 2 rings (SSSR count).